The number of carbonyl (C=O) groups is 1. The van der Waals surface area contributed by atoms with Crippen LogP contribution in [0.15, 0.2) is 24.3 Å². The SMILES string of the molecule is CC(C)NC(=O)c1ccc(CSC(=N)N)cc1. The third-order valence-corrected chi connectivity index (χ3v) is 2.82. The van der Waals surface area contributed by atoms with Crippen LogP contribution in [-0.2, 0) is 5.75 Å². The highest BCUT2D eigenvalue weighted by molar-refractivity contribution is 8.13. The van der Waals surface area contributed by atoms with Crippen molar-refractivity contribution in [3.05, 3.63) is 35.4 Å². The monoisotopic (exact) mass is 251 g/mol. The first kappa shape index (κ1) is 13.6. The van der Waals surface area contributed by atoms with Gasteiger partial charge in [-0.25, -0.2) is 0 Å². The molecule has 1 aromatic rings. The Morgan fingerprint density at radius 1 is 1.41 bits per heavy atom. The minimum absolute atomic E-state index is 0.0641. The van der Waals surface area contributed by atoms with E-state index in [-0.39, 0.29) is 17.1 Å². The molecule has 1 rings (SSSR count). The highest BCUT2D eigenvalue weighted by Gasteiger charge is 2.06. The fraction of sp³-hybridized carbons (Fsp3) is 0.333. The molecule has 1 amide bonds. The minimum Gasteiger partial charge on any atom is -0.379 e. The van der Waals surface area contributed by atoms with Crippen LogP contribution in [0.4, 0.5) is 0 Å². The Balaban J connectivity index is 2.61. The number of thioether (sulfide) groups is 1. The van der Waals surface area contributed by atoms with Crippen LogP contribution in [0.2, 0.25) is 0 Å². The van der Waals surface area contributed by atoms with E-state index in [0.29, 0.717) is 11.3 Å². The van der Waals surface area contributed by atoms with Gasteiger partial charge in [-0.3, -0.25) is 10.2 Å². The predicted octanol–water partition coefficient (Wildman–Crippen LogP) is 1.95. The second kappa shape index (κ2) is 6.30. The Morgan fingerprint density at radius 2 is 2.00 bits per heavy atom. The van der Waals surface area contributed by atoms with E-state index in [4.69, 9.17) is 11.1 Å². The summed E-state index contributed by atoms with van der Waals surface area (Å²) in [5, 5.41) is 10.0. The largest absolute Gasteiger partial charge is 0.379 e. The van der Waals surface area contributed by atoms with Crippen molar-refractivity contribution in [3.8, 4) is 0 Å². The molecule has 0 aliphatic heterocycles. The Morgan fingerprint density at radius 3 is 2.47 bits per heavy atom. The van der Waals surface area contributed by atoms with Gasteiger partial charge in [-0.15, -0.1) is 0 Å². The van der Waals surface area contributed by atoms with Gasteiger partial charge in [0.2, 0.25) is 0 Å². The fourth-order valence-corrected chi connectivity index (χ4v) is 1.77. The molecule has 0 saturated carbocycles. The molecule has 0 aromatic heterocycles. The van der Waals surface area contributed by atoms with Crippen LogP contribution in [0.3, 0.4) is 0 Å². The molecule has 0 bridgehead atoms. The number of hydrogen-bond donors (Lipinski definition) is 3. The third kappa shape index (κ3) is 4.91. The molecule has 0 heterocycles. The normalized spacial score (nSPS) is 10.3. The van der Waals surface area contributed by atoms with Crippen molar-refractivity contribution in [1.29, 1.82) is 5.41 Å². The summed E-state index contributed by atoms with van der Waals surface area (Å²) in [6.45, 7) is 3.85. The molecule has 0 spiro atoms. The average Bonchev–Trinajstić information content (AvgIpc) is 2.26. The summed E-state index contributed by atoms with van der Waals surface area (Å²) >= 11 is 1.27. The van der Waals surface area contributed by atoms with E-state index in [1.54, 1.807) is 12.1 Å². The molecule has 0 atom stereocenters. The van der Waals surface area contributed by atoms with Gasteiger partial charge < -0.3 is 11.1 Å². The van der Waals surface area contributed by atoms with E-state index in [9.17, 15) is 4.79 Å². The highest BCUT2D eigenvalue weighted by atomic mass is 32.2. The average molecular weight is 251 g/mol. The van der Waals surface area contributed by atoms with Crippen molar-refractivity contribution in [3.63, 3.8) is 0 Å². The lowest BCUT2D eigenvalue weighted by molar-refractivity contribution is 0.0943. The number of hydrogen-bond acceptors (Lipinski definition) is 3. The van der Waals surface area contributed by atoms with Gasteiger partial charge in [-0.05, 0) is 31.5 Å². The lowest BCUT2D eigenvalue weighted by atomic mass is 10.1. The maximum atomic E-state index is 11.7. The zero-order valence-electron chi connectivity index (χ0n) is 9.99. The zero-order valence-corrected chi connectivity index (χ0v) is 10.8. The van der Waals surface area contributed by atoms with Crippen molar-refractivity contribution < 1.29 is 4.79 Å². The standard InChI is InChI=1S/C12H17N3OS/c1-8(2)15-11(16)10-5-3-9(4-6-10)7-17-12(13)14/h3-6,8H,7H2,1-2H3,(H3,13,14)(H,15,16). The topological polar surface area (TPSA) is 79.0 Å². The smallest absolute Gasteiger partial charge is 0.251 e. The molecule has 4 N–H and O–H groups in total. The predicted molar refractivity (Wildman–Crippen MR) is 72.3 cm³/mol. The van der Waals surface area contributed by atoms with Crippen molar-refractivity contribution in [2.24, 2.45) is 5.73 Å². The van der Waals surface area contributed by atoms with Crippen LogP contribution in [0.5, 0.6) is 0 Å². The second-order valence-electron chi connectivity index (χ2n) is 3.98. The molecule has 17 heavy (non-hydrogen) atoms. The number of benzene rings is 1. The van der Waals surface area contributed by atoms with Gasteiger partial charge in [0.15, 0.2) is 5.17 Å². The van der Waals surface area contributed by atoms with Crippen LogP contribution >= 0.6 is 11.8 Å². The first-order chi connectivity index (χ1) is 7.99. The Bertz CT molecular complexity index is 401. The van der Waals surface area contributed by atoms with Crippen LogP contribution < -0.4 is 11.1 Å². The summed E-state index contributed by atoms with van der Waals surface area (Å²) in [6.07, 6.45) is 0. The van der Waals surface area contributed by atoms with Gasteiger partial charge in [-0.2, -0.15) is 0 Å². The highest BCUT2D eigenvalue weighted by Crippen LogP contribution is 2.12. The number of carbonyl (C=O) groups excluding carboxylic acids is 1. The third-order valence-electron chi connectivity index (χ3n) is 2.03. The number of amides is 1. The van der Waals surface area contributed by atoms with Gasteiger partial charge >= 0.3 is 0 Å². The summed E-state index contributed by atoms with van der Waals surface area (Å²) < 4.78 is 0. The molecule has 0 aliphatic carbocycles. The lowest BCUT2D eigenvalue weighted by Gasteiger charge is -2.08. The summed E-state index contributed by atoms with van der Waals surface area (Å²) in [4.78, 5) is 11.7. The van der Waals surface area contributed by atoms with Crippen molar-refractivity contribution in [2.75, 3.05) is 0 Å². The van der Waals surface area contributed by atoms with E-state index in [1.165, 1.54) is 11.8 Å². The van der Waals surface area contributed by atoms with Gasteiger partial charge in [0.25, 0.3) is 5.91 Å². The molecule has 0 aliphatic rings. The molecule has 0 radical (unpaired) electrons. The fourth-order valence-electron chi connectivity index (χ4n) is 1.26. The second-order valence-corrected chi connectivity index (χ2v) is 5.00. The summed E-state index contributed by atoms with van der Waals surface area (Å²) in [5.74, 6) is 0.590. The Kier molecular flexibility index (Phi) is 5.03. The molecule has 5 heteroatoms. The van der Waals surface area contributed by atoms with Gasteiger partial charge in [0.05, 0.1) is 0 Å². The molecular weight excluding hydrogens is 234 g/mol. The van der Waals surface area contributed by atoms with E-state index in [2.05, 4.69) is 5.32 Å². The first-order valence-electron chi connectivity index (χ1n) is 5.35. The number of nitrogens with two attached hydrogens (primary N) is 1. The number of rotatable bonds is 4. The minimum atomic E-state index is -0.0641. The molecule has 0 saturated heterocycles. The lowest BCUT2D eigenvalue weighted by Crippen LogP contribution is -2.29. The van der Waals surface area contributed by atoms with Crippen LogP contribution in [-0.4, -0.2) is 17.1 Å². The van der Waals surface area contributed by atoms with Gasteiger partial charge in [0.1, 0.15) is 0 Å². The Hall–Kier alpha value is -1.49. The van der Waals surface area contributed by atoms with E-state index in [1.807, 2.05) is 26.0 Å². The van der Waals surface area contributed by atoms with Crippen LogP contribution in [0, 0.1) is 5.41 Å². The first-order valence-corrected chi connectivity index (χ1v) is 6.34. The summed E-state index contributed by atoms with van der Waals surface area (Å²) in [6, 6.07) is 7.47. The van der Waals surface area contributed by atoms with Crippen LogP contribution in [0.1, 0.15) is 29.8 Å². The molecule has 92 valence electrons. The molecular formula is C12H17N3OS. The van der Waals surface area contributed by atoms with E-state index in [0.717, 1.165) is 5.56 Å². The zero-order chi connectivity index (χ0) is 12.8. The van der Waals surface area contributed by atoms with Gasteiger partial charge in [-0.1, -0.05) is 23.9 Å². The van der Waals surface area contributed by atoms with E-state index >= 15 is 0 Å². The number of amidine groups is 1. The maximum Gasteiger partial charge on any atom is 0.251 e. The molecule has 1 aromatic carbocycles. The van der Waals surface area contributed by atoms with Crippen molar-refractivity contribution >= 4 is 22.8 Å². The summed E-state index contributed by atoms with van der Waals surface area (Å²) in [5.41, 5.74) is 6.95. The van der Waals surface area contributed by atoms with E-state index < -0.39 is 0 Å². The van der Waals surface area contributed by atoms with Crippen molar-refractivity contribution in [2.45, 2.75) is 25.6 Å². The van der Waals surface area contributed by atoms with Crippen molar-refractivity contribution in [1.82, 2.24) is 5.32 Å². The Labute approximate surface area is 105 Å². The number of nitrogens with one attached hydrogen (secondary N) is 2. The summed E-state index contributed by atoms with van der Waals surface area (Å²) in [7, 11) is 0. The molecule has 4 nitrogen and oxygen atoms in total. The molecule has 0 unspecified atom stereocenters. The quantitative estimate of drug-likeness (QED) is 0.565. The molecule has 0 fully saturated rings. The van der Waals surface area contributed by atoms with Gasteiger partial charge in [0, 0.05) is 17.4 Å². The maximum absolute atomic E-state index is 11.7. The van der Waals surface area contributed by atoms with Crippen LogP contribution in [0.25, 0.3) is 0 Å².